The molecule has 0 unspecified atom stereocenters. The van der Waals surface area contributed by atoms with E-state index in [4.69, 9.17) is 5.73 Å². The largest absolute Gasteiger partial charge is 0.329 e. The van der Waals surface area contributed by atoms with Crippen LogP contribution in [0.5, 0.6) is 0 Å². The highest BCUT2D eigenvalue weighted by atomic mass is 15.6. The number of nitrogens with two attached hydrogens (primary N) is 1. The maximum atomic E-state index is 5.69. The Morgan fingerprint density at radius 3 is 2.71 bits per heavy atom. The second-order valence-electron chi connectivity index (χ2n) is 4.55. The van der Waals surface area contributed by atoms with Crippen LogP contribution in [-0.2, 0) is 12.0 Å². The van der Waals surface area contributed by atoms with Crippen LogP contribution in [0.25, 0.3) is 0 Å². The molecule has 0 radical (unpaired) electrons. The fourth-order valence-corrected chi connectivity index (χ4v) is 1.53. The van der Waals surface area contributed by atoms with Crippen LogP contribution in [0.4, 0.5) is 0 Å². The summed E-state index contributed by atoms with van der Waals surface area (Å²) in [4.78, 5) is 1.68. The lowest BCUT2D eigenvalue weighted by molar-refractivity contribution is 0.427. The monoisotopic (exact) mass is 195 g/mol. The Hall–Kier alpha value is -0.970. The molecule has 5 heteroatoms. The third kappa shape index (κ3) is 1.64. The molecular formula is C9H17N5. The molecule has 0 amide bonds. The zero-order valence-electron chi connectivity index (χ0n) is 8.77. The highest BCUT2D eigenvalue weighted by Crippen LogP contribution is 2.45. The highest BCUT2D eigenvalue weighted by Gasteiger charge is 2.47. The minimum atomic E-state index is 0.0647. The lowest BCUT2D eigenvalue weighted by Gasteiger charge is -2.05. The summed E-state index contributed by atoms with van der Waals surface area (Å²) in [6.45, 7) is 5.74. The summed E-state index contributed by atoms with van der Waals surface area (Å²) < 4.78 is 0. The van der Waals surface area contributed by atoms with E-state index < -0.39 is 0 Å². The summed E-state index contributed by atoms with van der Waals surface area (Å²) in [5.41, 5.74) is 5.76. The van der Waals surface area contributed by atoms with Crippen LogP contribution >= 0.6 is 0 Å². The Morgan fingerprint density at radius 1 is 1.50 bits per heavy atom. The third-order valence-electron chi connectivity index (χ3n) is 2.70. The lowest BCUT2D eigenvalue weighted by atomic mass is 10.1. The van der Waals surface area contributed by atoms with Crippen molar-refractivity contribution >= 4 is 0 Å². The minimum Gasteiger partial charge on any atom is -0.329 e. The normalized spacial score (nSPS) is 18.9. The van der Waals surface area contributed by atoms with Crippen molar-refractivity contribution in [2.75, 3.05) is 6.54 Å². The maximum Gasteiger partial charge on any atom is 0.182 e. The SMILES string of the molecule is CC(C)Cn1nnc(C2(CN)CC2)n1. The molecule has 0 spiro atoms. The number of nitrogens with zero attached hydrogens (tertiary/aromatic N) is 4. The van der Waals surface area contributed by atoms with Crippen molar-refractivity contribution in [3.05, 3.63) is 5.82 Å². The molecule has 0 atom stereocenters. The molecule has 14 heavy (non-hydrogen) atoms. The van der Waals surface area contributed by atoms with E-state index in [1.165, 1.54) is 0 Å². The van der Waals surface area contributed by atoms with Gasteiger partial charge in [0.1, 0.15) is 0 Å². The standard InChI is InChI=1S/C9H17N5/c1-7(2)5-14-12-8(11-13-14)9(6-10)3-4-9/h7H,3-6,10H2,1-2H3. The van der Waals surface area contributed by atoms with Crippen molar-refractivity contribution in [2.45, 2.75) is 38.6 Å². The Kier molecular flexibility index (Phi) is 2.26. The first-order chi connectivity index (χ1) is 6.66. The third-order valence-corrected chi connectivity index (χ3v) is 2.70. The number of hydrogen-bond donors (Lipinski definition) is 1. The van der Waals surface area contributed by atoms with E-state index in [0.717, 1.165) is 25.2 Å². The fourth-order valence-electron chi connectivity index (χ4n) is 1.53. The average molecular weight is 195 g/mol. The number of hydrogen-bond acceptors (Lipinski definition) is 4. The van der Waals surface area contributed by atoms with Gasteiger partial charge in [-0.05, 0) is 24.0 Å². The van der Waals surface area contributed by atoms with Gasteiger partial charge in [0.05, 0.1) is 6.54 Å². The van der Waals surface area contributed by atoms with Gasteiger partial charge in [0, 0.05) is 12.0 Å². The molecule has 5 nitrogen and oxygen atoms in total. The summed E-state index contributed by atoms with van der Waals surface area (Å²) in [6.07, 6.45) is 2.22. The lowest BCUT2D eigenvalue weighted by Crippen LogP contribution is -2.21. The van der Waals surface area contributed by atoms with E-state index in [0.29, 0.717) is 12.5 Å². The molecule has 0 aromatic carbocycles. The Morgan fingerprint density at radius 2 is 2.21 bits per heavy atom. The Bertz CT molecular complexity index is 313. The molecule has 1 aromatic rings. The van der Waals surface area contributed by atoms with E-state index in [2.05, 4.69) is 29.3 Å². The molecule has 1 aromatic heterocycles. The van der Waals surface area contributed by atoms with Crippen molar-refractivity contribution in [3.63, 3.8) is 0 Å². The van der Waals surface area contributed by atoms with Crippen LogP contribution in [-0.4, -0.2) is 26.8 Å². The molecule has 1 saturated carbocycles. The maximum absolute atomic E-state index is 5.69. The van der Waals surface area contributed by atoms with Crippen LogP contribution in [0, 0.1) is 5.92 Å². The predicted molar refractivity (Wildman–Crippen MR) is 52.6 cm³/mol. The highest BCUT2D eigenvalue weighted by molar-refractivity contribution is 5.16. The zero-order valence-corrected chi connectivity index (χ0v) is 8.77. The van der Waals surface area contributed by atoms with Crippen LogP contribution in [0.1, 0.15) is 32.5 Å². The van der Waals surface area contributed by atoms with Gasteiger partial charge in [-0.15, -0.1) is 10.2 Å². The minimum absolute atomic E-state index is 0.0647. The zero-order chi connectivity index (χ0) is 10.2. The molecule has 2 rings (SSSR count). The number of rotatable bonds is 4. The van der Waals surface area contributed by atoms with E-state index in [1.54, 1.807) is 4.80 Å². The fraction of sp³-hybridized carbons (Fsp3) is 0.889. The van der Waals surface area contributed by atoms with Crippen molar-refractivity contribution in [1.82, 2.24) is 20.2 Å². The topological polar surface area (TPSA) is 69.6 Å². The van der Waals surface area contributed by atoms with Gasteiger partial charge in [0.2, 0.25) is 0 Å². The van der Waals surface area contributed by atoms with Gasteiger partial charge in [-0.1, -0.05) is 13.8 Å². The van der Waals surface area contributed by atoms with Gasteiger partial charge >= 0.3 is 0 Å². The van der Waals surface area contributed by atoms with Gasteiger partial charge < -0.3 is 5.73 Å². The first kappa shape index (κ1) is 9.58. The van der Waals surface area contributed by atoms with Gasteiger partial charge in [-0.3, -0.25) is 0 Å². The summed E-state index contributed by atoms with van der Waals surface area (Å²) >= 11 is 0. The van der Waals surface area contributed by atoms with Gasteiger partial charge in [-0.25, -0.2) is 0 Å². The average Bonchev–Trinajstić information content (AvgIpc) is 2.81. The smallest absolute Gasteiger partial charge is 0.182 e. The molecule has 2 N–H and O–H groups in total. The number of aromatic nitrogens is 4. The molecule has 78 valence electrons. The van der Waals surface area contributed by atoms with Crippen molar-refractivity contribution in [2.24, 2.45) is 11.7 Å². The molecule has 1 heterocycles. The second-order valence-corrected chi connectivity index (χ2v) is 4.55. The van der Waals surface area contributed by atoms with E-state index in [9.17, 15) is 0 Å². The van der Waals surface area contributed by atoms with E-state index in [1.807, 2.05) is 0 Å². The van der Waals surface area contributed by atoms with E-state index in [-0.39, 0.29) is 5.41 Å². The molecule has 1 aliphatic carbocycles. The quantitative estimate of drug-likeness (QED) is 0.751. The van der Waals surface area contributed by atoms with Crippen molar-refractivity contribution < 1.29 is 0 Å². The summed E-state index contributed by atoms with van der Waals surface area (Å²) in [5, 5.41) is 12.5. The first-order valence-electron chi connectivity index (χ1n) is 5.15. The molecule has 1 aliphatic rings. The van der Waals surface area contributed by atoms with Crippen LogP contribution in [0.3, 0.4) is 0 Å². The van der Waals surface area contributed by atoms with Gasteiger partial charge in [0.25, 0.3) is 0 Å². The molecule has 0 saturated heterocycles. The van der Waals surface area contributed by atoms with Crippen LogP contribution in [0.2, 0.25) is 0 Å². The Balaban J connectivity index is 2.10. The number of tetrazole rings is 1. The summed E-state index contributed by atoms with van der Waals surface area (Å²) in [5.74, 6) is 1.38. The summed E-state index contributed by atoms with van der Waals surface area (Å²) in [7, 11) is 0. The van der Waals surface area contributed by atoms with Crippen LogP contribution < -0.4 is 5.73 Å². The second kappa shape index (κ2) is 3.31. The van der Waals surface area contributed by atoms with Gasteiger partial charge in [0.15, 0.2) is 5.82 Å². The summed E-state index contributed by atoms with van der Waals surface area (Å²) in [6, 6.07) is 0. The van der Waals surface area contributed by atoms with E-state index >= 15 is 0 Å². The van der Waals surface area contributed by atoms with Gasteiger partial charge in [-0.2, -0.15) is 4.80 Å². The predicted octanol–water partition coefficient (Wildman–Crippen LogP) is 0.319. The molecular weight excluding hydrogens is 178 g/mol. The van der Waals surface area contributed by atoms with Crippen molar-refractivity contribution in [1.29, 1.82) is 0 Å². The Labute approximate surface area is 83.7 Å². The van der Waals surface area contributed by atoms with Crippen LogP contribution in [0.15, 0.2) is 0 Å². The first-order valence-corrected chi connectivity index (χ1v) is 5.15. The molecule has 0 aliphatic heterocycles. The molecule has 0 bridgehead atoms. The molecule has 1 fully saturated rings. The van der Waals surface area contributed by atoms with Crippen molar-refractivity contribution in [3.8, 4) is 0 Å².